The number of carboxylic acids is 1. The van der Waals surface area contributed by atoms with Crippen molar-refractivity contribution in [1.29, 1.82) is 0 Å². The van der Waals surface area contributed by atoms with Crippen molar-refractivity contribution < 1.29 is 9.90 Å². The van der Waals surface area contributed by atoms with Gasteiger partial charge in [-0.25, -0.2) is 4.79 Å². The van der Waals surface area contributed by atoms with Gasteiger partial charge in [0.05, 0.1) is 23.8 Å². The molecule has 1 radical (unpaired) electrons. The maximum absolute atomic E-state index is 10.8. The van der Waals surface area contributed by atoms with Crippen molar-refractivity contribution in [2.75, 3.05) is 20.6 Å². The largest absolute Gasteiger partial charge is 0.478 e. The Morgan fingerprint density at radius 2 is 2.17 bits per heavy atom. The number of carbonyl (C=O) groups is 1. The number of hydrogen-bond acceptors (Lipinski definition) is 3. The summed E-state index contributed by atoms with van der Waals surface area (Å²) in [5.41, 5.74) is 1.27. The monoisotopic (exact) mass is 240 g/mol. The van der Waals surface area contributed by atoms with E-state index < -0.39 is 5.97 Å². The Hall–Kier alpha value is -1.28. The average molecular weight is 240 g/mol. The molecule has 2 aromatic rings. The van der Waals surface area contributed by atoms with E-state index in [1.807, 2.05) is 18.8 Å². The van der Waals surface area contributed by atoms with Crippen molar-refractivity contribution in [1.82, 2.24) is 14.7 Å². The zero-order chi connectivity index (χ0) is 12.4. The van der Waals surface area contributed by atoms with E-state index in [4.69, 9.17) is 5.11 Å². The molecular weight excluding hydrogens is 225 g/mol. The summed E-state index contributed by atoms with van der Waals surface area (Å²) >= 11 is 0. The molecule has 0 aliphatic rings. The number of rotatable bonds is 4. The second-order valence-corrected chi connectivity index (χ2v) is 4.25. The molecule has 0 unspecified atom stereocenters. The van der Waals surface area contributed by atoms with Crippen LogP contribution in [0.15, 0.2) is 24.4 Å². The SMILES string of the molecule is CN(C)CCn1ncc2cc(C(=O)O)ccc21.[Li]. The first-order chi connectivity index (χ1) is 8.08. The van der Waals surface area contributed by atoms with Crippen molar-refractivity contribution in [3.8, 4) is 0 Å². The standard InChI is InChI=1S/C12H15N3O2.Li/c1-14(2)5-6-15-11-4-3-9(12(16)17)7-10(11)8-13-15;/h3-4,7-8H,5-6H2,1-2H3,(H,16,17);. The Morgan fingerprint density at radius 1 is 1.44 bits per heavy atom. The second kappa shape index (κ2) is 6.05. The molecule has 6 heteroatoms. The predicted octanol–water partition coefficient (Wildman–Crippen LogP) is 0.915. The summed E-state index contributed by atoms with van der Waals surface area (Å²) in [5.74, 6) is -0.909. The van der Waals surface area contributed by atoms with Crippen LogP contribution in [0.4, 0.5) is 0 Å². The minimum Gasteiger partial charge on any atom is -0.478 e. The molecule has 0 aliphatic carbocycles. The van der Waals surface area contributed by atoms with Crippen molar-refractivity contribution in [3.05, 3.63) is 30.0 Å². The normalized spacial score (nSPS) is 10.6. The van der Waals surface area contributed by atoms with E-state index in [0.29, 0.717) is 5.56 Å². The minimum atomic E-state index is -0.909. The molecule has 1 aromatic carbocycles. The number of hydrogen-bond donors (Lipinski definition) is 1. The van der Waals surface area contributed by atoms with E-state index in [1.165, 1.54) is 0 Å². The van der Waals surface area contributed by atoms with E-state index >= 15 is 0 Å². The Labute approximate surface area is 118 Å². The third-order valence-electron chi connectivity index (χ3n) is 2.65. The number of carboxylic acid groups (broad SMARTS) is 1. The van der Waals surface area contributed by atoms with Gasteiger partial charge in [-0.1, -0.05) is 0 Å². The van der Waals surface area contributed by atoms with E-state index in [0.717, 1.165) is 24.0 Å². The van der Waals surface area contributed by atoms with Gasteiger partial charge in [0.2, 0.25) is 0 Å². The van der Waals surface area contributed by atoms with Crippen LogP contribution in [-0.4, -0.2) is 65.3 Å². The van der Waals surface area contributed by atoms with Crippen LogP contribution in [-0.2, 0) is 6.54 Å². The molecule has 0 fully saturated rings. The first kappa shape index (κ1) is 14.8. The molecule has 0 saturated heterocycles. The van der Waals surface area contributed by atoms with Gasteiger partial charge in [-0.15, -0.1) is 0 Å². The zero-order valence-corrected chi connectivity index (χ0v) is 10.9. The van der Waals surface area contributed by atoms with Crippen molar-refractivity contribution in [2.24, 2.45) is 0 Å². The molecule has 0 aliphatic heterocycles. The molecule has 18 heavy (non-hydrogen) atoms. The fourth-order valence-corrected chi connectivity index (χ4v) is 1.69. The third kappa shape index (κ3) is 3.14. The van der Waals surface area contributed by atoms with E-state index in [9.17, 15) is 4.79 Å². The van der Waals surface area contributed by atoms with Gasteiger partial charge in [0.25, 0.3) is 0 Å². The molecule has 1 heterocycles. The Kier molecular flexibility index (Phi) is 4.97. The quantitative estimate of drug-likeness (QED) is 0.807. The number of aromatic carboxylic acids is 1. The summed E-state index contributed by atoms with van der Waals surface area (Å²) in [6.45, 7) is 1.69. The van der Waals surface area contributed by atoms with Crippen molar-refractivity contribution >= 4 is 35.7 Å². The smallest absolute Gasteiger partial charge is 0.335 e. The third-order valence-corrected chi connectivity index (χ3v) is 2.65. The van der Waals surface area contributed by atoms with Gasteiger partial charge in [-0.2, -0.15) is 5.10 Å². The number of nitrogens with zero attached hydrogens (tertiary/aromatic N) is 3. The minimum absolute atomic E-state index is 0. The number of fused-ring (bicyclic) bond motifs is 1. The average Bonchev–Trinajstić information content (AvgIpc) is 2.68. The molecule has 2 rings (SSSR count). The molecule has 0 amide bonds. The predicted molar refractivity (Wildman–Crippen MR) is 71.0 cm³/mol. The van der Waals surface area contributed by atoms with Crippen molar-refractivity contribution in [3.63, 3.8) is 0 Å². The fraction of sp³-hybridized carbons (Fsp3) is 0.333. The van der Waals surface area contributed by atoms with E-state index in [2.05, 4.69) is 10.00 Å². The van der Waals surface area contributed by atoms with Crippen LogP contribution < -0.4 is 0 Å². The maximum atomic E-state index is 10.8. The molecule has 0 bridgehead atoms. The number of likely N-dealkylation sites (N-methyl/N-ethyl adjacent to an activating group) is 1. The Balaban J connectivity index is 0.00000162. The Bertz CT molecular complexity index is 551. The topological polar surface area (TPSA) is 58.4 Å². The first-order valence-corrected chi connectivity index (χ1v) is 5.41. The van der Waals surface area contributed by atoms with Crippen LogP contribution in [0.25, 0.3) is 10.9 Å². The molecule has 1 aromatic heterocycles. The van der Waals surface area contributed by atoms with Gasteiger partial charge in [-0.05, 0) is 32.3 Å². The Morgan fingerprint density at radius 3 is 2.78 bits per heavy atom. The van der Waals surface area contributed by atoms with Crippen LogP contribution in [0.3, 0.4) is 0 Å². The van der Waals surface area contributed by atoms with E-state index in [-0.39, 0.29) is 18.9 Å². The van der Waals surface area contributed by atoms with Gasteiger partial charge in [0, 0.05) is 30.8 Å². The second-order valence-electron chi connectivity index (χ2n) is 4.25. The van der Waals surface area contributed by atoms with Crippen LogP contribution in [0.5, 0.6) is 0 Å². The van der Waals surface area contributed by atoms with Gasteiger partial charge in [-0.3, -0.25) is 4.68 Å². The summed E-state index contributed by atoms with van der Waals surface area (Å²) in [6, 6.07) is 5.07. The summed E-state index contributed by atoms with van der Waals surface area (Å²) in [4.78, 5) is 12.9. The number of aromatic nitrogens is 2. The van der Waals surface area contributed by atoms with Gasteiger partial charge in [0.1, 0.15) is 0 Å². The molecule has 91 valence electrons. The molecule has 0 saturated carbocycles. The zero-order valence-electron chi connectivity index (χ0n) is 10.9. The molecule has 0 atom stereocenters. The molecular formula is C12H15LiN3O2. The molecule has 0 spiro atoms. The molecule has 5 nitrogen and oxygen atoms in total. The van der Waals surface area contributed by atoms with Gasteiger partial charge >= 0.3 is 5.97 Å². The maximum Gasteiger partial charge on any atom is 0.335 e. The van der Waals surface area contributed by atoms with E-state index in [1.54, 1.807) is 24.4 Å². The summed E-state index contributed by atoms with van der Waals surface area (Å²) in [6.07, 6.45) is 1.71. The van der Waals surface area contributed by atoms with Crippen LogP contribution in [0.1, 0.15) is 10.4 Å². The van der Waals surface area contributed by atoms with Gasteiger partial charge < -0.3 is 10.0 Å². The summed E-state index contributed by atoms with van der Waals surface area (Å²) in [7, 11) is 4.02. The molecule has 1 N–H and O–H groups in total. The summed E-state index contributed by atoms with van der Waals surface area (Å²) in [5, 5.41) is 14.0. The fourth-order valence-electron chi connectivity index (χ4n) is 1.69. The van der Waals surface area contributed by atoms with Crippen molar-refractivity contribution in [2.45, 2.75) is 6.54 Å². The van der Waals surface area contributed by atoms with Gasteiger partial charge in [0.15, 0.2) is 0 Å². The van der Waals surface area contributed by atoms with Crippen LogP contribution in [0, 0.1) is 0 Å². The number of benzene rings is 1. The summed E-state index contributed by atoms with van der Waals surface area (Å²) < 4.78 is 1.89. The van der Waals surface area contributed by atoms with Crippen LogP contribution >= 0.6 is 0 Å². The first-order valence-electron chi connectivity index (χ1n) is 5.41. The van der Waals surface area contributed by atoms with Crippen LogP contribution in [0.2, 0.25) is 0 Å².